The van der Waals surface area contributed by atoms with E-state index in [1.807, 2.05) is 32.0 Å². The molecule has 1 heterocycles. The molecule has 0 unspecified atom stereocenters. The van der Waals surface area contributed by atoms with Gasteiger partial charge in [0, 0.05) is 18.2 Å². The first-order chi connectivity index (χ1) is 11.7. The number of aromatic nitrogens is 1. The molecule has 2 rings (SSSR count). The molecule has 0 spiro atoms. The third-order valence-electron chi connectivity index (χ3n) is 3.59. The summed E-state index contributed by atoms with van der Waals surface area (Å²) in [4.78, 5) is 4.62. The van der Waals surface area contributed by atoms with Gasteiger partial charge in [-0.1, -0.05) is 24.2 Å². The first-order valence-electron chi connectivity index (χ1n) is 8.26. The highest BCUT2D eigenvalue weighted by Crippen LogP contribution is 2.20. The van der Waals surface area contributed by atoms with Crippen LogP contribution in [0.5, 0.6) is 5.75 Å². The van der Waals surface area contributed by atoms with E-state index in [0.29, 0.717) is 13.1 Å². The van der Waals surface area contributed by atoms with Gasteiger partial charge < -0.3 is 19.9 Å². The number of hydrogen-bond donors (Lipinski definition) is 2. The Balaban J connectivity index is 0.00000312. The Morgan fingerprint density at radius 3 is 2.68 bits per heavy atom. The maximum Gasteiger partial charge on any atom is 0.191 e. The van der Waals surface area contributed by atoms with E-state index in [-0.39, 0.29) is 24.0 Å². The lowest BCUT2D eigenvalue weighted by atomic mass is 10.1. The number of aryl methyl sites for hydroxylation is 2. The molecule has 1 aromatic carbocycles. The van der Waals surface area contributed by atoms with Crippen molar-refractivity contribution in [3.63, 3.8) is 0 Å². The Kier molecular flexibility index (Phi) is 9.33. The van der Waals surface area contributed by atoms with Crippen molar-refractivity contribution in [2.75, 3.05) is 13.7 Å². The summed E-state index contributed by atoms with van der Waals surface area (Å²) >= 11 is 0. The average Bonchev–Trinajstić information content (AvgIpc) is 3.06. The van der Waals surface area contributed by atoms with E-state index in [9.17, 15) is 0 Å². The molecule has 0 saturated heterocycles. The fourth-order valence-electron chi connectivity index (χ4n) is 2.26. The number of ether oxygens (including phenoxy) is 1. The van der Waals surface area contributed by atoms with Crippen molar-refractivity contribution in [2.45, 2.75) is 40.3 Å². The standard InChI is InChI=1S/C18H26N4O2.HI/c1-5-15-10-16(24-22-15)12-21-18(19-6-2)20-11-14-8-7-13(3)9-17(14)23-4;/h7-10H,5-6,11-12H2,1-4H3,(H2,19,20,21);1H. The smallest absolute Gasteiger partial charge is 0.191 e. The molecule has 0 radical (unpaired) electrons. The third-order valence-corrected chi connectivity index (χ3v) is 3.59. The average molecular weight is 458 g/mol. The second-order valence-corrected chi connectivity index (χ2v) is 5.50. The van der Waals surface area contributed by atoms with Crippen LogP contribution in [0.3, 0.4) is 0 Å². The van der Waals surface area contributed by atoms with Crippen molar-refractivity contribution in [3.05, 3.63) is 46.8 Å². The normalized spacial score (nSPS) is 11.0. The molecule has 0 aliphatic heterocycles. The highest BCUT2D eigenvalue weighted by Gasteiger charge is 2.06. The highest BCUT2D eigenvalue weighted by molar-refractivity contribution is 14.0. The number of nitrogens with zero attached hydrogens (tertiary/aromatic N) is 2. The minimum absolute atomic E-state index is 0. The molecule has 138 valence electrons. The summed E-state index contributed by atoms with van der Waals surface area (Å²) < 4.78 is 10.7. The van der Waals surface area contributed by atoms with Crippen molar-refractivity contribution < 1.29 is 9.26 Å². The number of nitrogens with one attached hydrogen (secondary N) is 2. The van der Waals surface area contributed by atoms with Gasteiger partial charge in [0.25, 0.3) is 0 Å². The molecule has 0 fully saturated rings. The van der Waals surface area contributed by atoms with Crippen LogP contribution >= 0.6 is 24.0 Å². The SMILES string of the molecule is CCNC(=NCc1ccc(C)cc1OC)NCc1cc(CC)no1.I. The van der Waals surface area contributed by atoms with E-state index in [2.05, 4.69) is 33.8 Å². The molecule has 0 saturated carbocycles. The van der Waals surface area contributed by atoms with Crippen LogP contribution in [0.1, 0.15) is 36.4 Å². The largest absolute Gasteiger partial charge is 0.496 e. The number of guanidine groups is 1. The van der Waals surface area contributed by atoms with Crippen LogP contribution in [0.2, 0.25) is 0 Å². The van der Waals surface area contributed by atoms with Gasteiger partial charge in [0.15, 0.2) is 11.7 Å². The molecule has 0 aliphatic rings. The van der Waals surface area contributed by atoms with Crippen LogP contribution in [-0.2, 0) is 19.5 Å². The number of rotatable bonds is 7. The van der Waals surface area contributed by atoms with Crippen molar-refractivity contribution in [1.29, 1.82) is 0 Å². The van der Waals surface area contributed by atoms with Gasteiger partial charge in [0.2, 0.25) is 0 Å². The molecule has 2 N–H and O–H groups in total. The Labute approximate surface area is 166 Å². The Hall–Kier alpha value is -1.77. The molecule has 6 nitrogen and oxygen atoms in total. The zero-order valence-corrected chi connectivity index (χ0v) is 17.6. The van der Waals surface area contributed by atoms with E-state index >= 15 is 0 Å². The van der Waals surface area contributed by atoms with Gasteiger partial charge in [-0.05, 0) is 31.9 Å². The number of benzene rings is 1. The van der Waals surface area contributed by atoms with Crippen LogP contribution < -0.4 is 15.4 Å². The predicted octanol–water partition coefficient (Wildman–Crippen LogP) is 3.43. The minimum Gasteiger partial charge on any atom is -0.496 e. The number of hydrogen-bond acceptors (Lipinski definition) is 4. The monoisotopic (exact) mass is 458 g/mol. The highest BCUT2D eigenvalue weighted by atomic mass is 127. The van der Waals surface area contributed by atoms with Crippen LogP contribution in [0, 0.1) is 6.92 Å². The maximum atomic E-state index is 5.43. The van der Waals surface area contributed by atoms with Gasteiger partial charge in [-0.15, -0.1) is 24.0 Å². The summed E-state index contributed by atoms with van der Waals surface area (Å²) in [6.07, 6.45) is 0.866. The summed E-state index contributed by atoms with van der Waals surface area (Å²) in [5.41, 5.74) is 3.17. The quantitative estimate of drug-likeness (QED) is 0.378. The Morgan fingerprint density at radius 2 is 2.04 bits per heavy atom. The Morgan fingerprint density at radius 1 is 1.24 bits per heavy atom. The summed E-state index contributed by atoms with van der Waals surface area (Å²) in [5, 5.41) is 10.5. The summed E-state index contributed by atoms with van der Waals surface area (Å²) in [7, 11) is 1.68. The first-order valence-corrected chi connectivity index (χ1v) is 8.26. The van der Waals surface area contributed by atoms with E-state index in [1.54, 1.807) is 7.11 Å². The van der Waals surface area contributed by atoms with E-state index < -0.39 is 0 Å². The summed E-state index contributed by atoms with van der Waals surface area (Å²) in [5.74, 6) is 2.39. The first kappa shape index (κ1) is 21.3. The van der Waals surface area contributed by atoms with E-state index in [1.165, 1.54) is 5.56 Å². The molecule has 2 aromatic rings. The maximum absolute atomic E-state index is 5.43. The zero-order valence-electron chi connectivity index (χ0n) is 15.3. The third kappa shape index (κ3) is 6.56. The van der Waals surface area contributed by atoms with Gasteiger partial charge in [-0.3, -0.25) is 0 Å². The van der Waals surface area contributed by atoms with Crippen molar-refractivity contribution >= 4 is 29.9 Å². The summed E-state index contributed by atoms with van der Waals surface area (Å²) in [6.45, 7) is 8.00. The molecule has 0 bridgehead atoms. The summed E-state index contributed by atoms with van der Waals surface area (Å²) in [6, 6.07) is 8.09. The minimum atomic E-state index is 0. The van der Waals surface area contributed by atoms with E-state index in [4.69, 9.17) is 9.26 Å². The van der Waals surface area contributed by atoms with Crippen LogP contribution in [0.15, 0.2) is 33.8 Å². The van der Waals surface area contributed by atoms with Gasteiger partial charge in [-0.25, -0.2) is 4.99 Å². The Bertz CT molecular complexity index is 685. The molecular weight excluding hydrogens is 431 g/mol. The van der Waals surface area contributed by atoms with Crippen molar-refractivity contribution in [3.8, 4) is 5.75 Å². The van der Waals surface area contributed by atoms with Crippen LogP contribution in [0.4, 0.5) is 0 Å². The van der Waals surface area contributed by atoms with E-state index in [0.717, 1.165) is 41.7 Å². The molecule has 1 aromatic heterocycles. The zero-order chi connectivity index (χ0) is 17.4. The molecular formula is C18H27IN4O2. The fraction of sp³-hybridized carbons (Fsp3) is 0.444. The molecule has 25 heavy (non-hydrogen) atoms. The van der Waals surface area contributed by atoms with Gasteiger partial charge in [0.1, 0.15) is 5.75 Å². The van der Waals surface area contributed by atoms with Gasteiger partial charge >= 0.3 is 0 Å². The number of halogens is 1. The molecule has 0 aliphatic carbocycles. The lowest BCUT2D eigenvalue weighted by Crippen LogP contribution is -2.36. The van der Waals surface area contributed by atoms with Crippen LogP contribution in [0.25, 0.3) is 0 Å². The van der Waals surface area contributed by atoms with Gasteiger partial charge in [-0.2, -0.15) is 0 Å². The lowest BCUT2D eigenvalue weighted by Gasteiger charge is -2.11. The van der Waals surface area contributed by atoms with Crippen molar-refractivity contribution in [1.82, 2.24) is 15.8 Å². The topological polar surface area (TPSA) is 71.7 Å². The molecule has 0 atom stereocenters. The molecule has 0 amide bonds. The van der Waals surface area contributed by atoms with Gasteiger partial charge in [0.05, 0.1) is 25.9 Å². The second kappa shape index (κ2) is 11.0. The fourth-order valence-corrected chi connectivity index (χ4v) is 2.26. The lowest BCUT2D eigenvalue weighted by molar-refractivity contribution is 0.374. The second-order valence-electron chi connectivity index (χ2n) is 5.50. The van der Waals surface area contributed by atoms with Crippen molar-refractivity contribution in [2.24, 2.45) is 4.99 Å². The number of methoxy groups -OCH3 is 1. The predicted molar refractivity (Wildman–Crippen MR) is 111 cm³/mol. The van der Waals surface area contributed by atoms with Crippen LogP contribution in [-0.4, -0.2) is 24.8 Å². The number of aliphatic imine (C=N–C) groups is 1. The molecule has 7 heteroatoms.